The lowest BCUT2D eigenvalue weighted by Gasteiger charge is -2.60. The summed E-state index contributed by atoms with van der Waals surface area (Å²) in [5.74, 6) is -8.18. The van der Waals surface area contributed by atoms with E-state index in [2.05, 4.69) is 62.4 Å². The van der Waals surface area contributed by atoms with Crippen LogP contribution < -0.4 is 9.47 Å². The molecule has 0 unspecified atom stereocenters. The van der Waals surface area contributed by atoms with Gasteiger partial charge in [-0.25, -0.2) is 0 Å². The molecule has 8 saturated carbocycles. The molecule has 0 atom stereocenters. The van der Waals surface area contributed by atoms with Crippen molar-refractivity contribution in [2.75, 3.05) is 13.6 Å². The van der Waals surface area contributed by atoms with Crippen molar-refractivity contribution in [2.45, 2.75) is 131 Å². The van der Waals surface area contributed by atoms with Crippen LogP contribution in [0, 0.1) is 47.3 Å². The SMILES string of the molecule is CC(=O)OCOc1c(-c2cccc(S)c2-c2cccc(C3(C)C4CC5CC(C4)CC3C5)c2OCOC(C)=O)cccc1C1(C)C2CC3CC(C2)CC1C3.O=S(=O)(O)C(F)(F)C(F)(F)C(F)(F)C(F)(F)F. The lowest BCUT2D eigenvalue weighted by molar-refractivity contribution is -0.382. The van der Waals surface area contributed by atoms with E-state index in [0.717, 1.165) is 62.3 Å². The van der Waals surface area contributed by atoms with Gasteiger partial charge in [0.25, 0.3) is 0 Å². The van der Waals surface area contributed by atoms with Gasteiger partial charge in [-0.1, -0.05) is 62.4 Å². The molecule has 70 heavy (non-hydrogen) atoms. The number of rotatable bonds is 13. The Balaban J connectivity index is 0.000000333. The summed E-state index contributed by atoms with van der Waals surface area (Å²) < 4.78 is 158. The molecule has 0 spiro atoms. The highest BCUT2D eigenvalue weighted by atomic mass is 32.2. The third-order valence-corrected chi connectivity index (χ3v) is 18.1. The van der Waals surface area contributed by atoms with Crippen molar-refractivity contribution in [2.24, 2.45) is 47.3 Å². The third-order valence-electron chi connectivity index (χ3n) is 16.8. The topological polar surface area (TPSA) is 125 Å². The molecule has 0 heterocycles. The Morgan fingerprint density at radius 2 is 0.943 bits per heavy atom. The number of benzene rings is 3. The second-order valence-corrected chi connectivity index (χ2v) is 22.6. The Bertz CT molecular complexity index is 2560. The predicted octanol–water partition coefficient (Wildman–Crippen LogP) is 12.8. The molecule has 11 rings (SSSR count). The number of carbonyl (C=O) groups is 2. The first-order chi connectivity index (χ1) is 32.5. The lowest BCUT2D eigenvalue weighted by atomic mass is 9.44. The molecule has 384 valence electrons. The van der Waals surface area contributed by atoms with E-state index in [-0.39, 0.29) is 36.4 Å². The monoisotopic (exact) mass is 1030 g/mol. The van der Waals surface area contributed by atoms with Crippen LogP contribution in [0.3, 0.4) is 0 Å². The van der Waals surface area contributed by atoms with Crippen LogP contribution in [0.25, 0.3) is 22.3 Å². The molecule has 3 aromatic rings. The van der Waals surface area contributed by atoms with Crippen LogP contribution in [-0.4, -0.2) is 61.8 Å². The number of para-hydroxylation sites is 2. The van der Waals surface area contributed by atoms with Crippen molar-refractivity contribution < 1.29 is 81.0 Å². The predicted molar refractivity (Wildman–Crippen MR) is 240 cm³/mol. The number of esters is 2. The Morgan fingerprint density at radius 3 is 1.31 bits per heavy atom. The molecule has 8 aliphatic carbocycles. The van der Waals surface area contributed by atoms with E-state index in [4.69, 9.17) is 36.1 Å². The summed E-state index contributed by atoms with van der Waals surface area (Å²) in [6.07, 6.45) is 5.79. The highest BCUT2D eigenvalue weighted by Crippen LogP contribution is 2.66. The molecule has 0 aliphatic heterocycles. The summed E-state index contributed by atoms with van der Waals surface area (Å²) in [5, 5.41) is -7.00. The fraction of sp³-hybridized carbons (Fsp3) is 0.600. The molecular weight excluding hydrogens is 980 g/mol. The number of hydrogen-bond acceptors (Lipinski definition) is 9. The molecule has 1 N–H and O–H groups in total. The van der Waals surface area contributed by atoms with E-state index in [9.17, 15) is 57.5 Å². The van der Waals surface area contributed by atoms with Crippen LogP contribution in [0.15, 0.2) is 59.5 Å². The van der Waals surface area contributed by atoms with Gasteiger partial charge in [-0.3, -0.25) is 14.1 Å². The standard InChI is InChI=1S/C46H54O6S.C4HF9O3S/c1-26(47)49-24-51-43-37(9-5-11-39(43)45(3)32-16-28-14-29(18-32)19-33(45)17-28)36-8-7-13-41(53)42(36)38-10-6-12-40(44(38)52-25-50-27(2)48)46(4)34-20-30-15-31(22-34)23-35(46)21-30;5-1(6,3(9,10)11)2(7,8)4(12,13)17(14,15)16/h5-13,28-35,53H,14-25H2,1-4H3;(H,14,15,16). The Hall–Kier alpha value is -4.17. The third kappa shape index (κ3) is 8.74. The average molecular weight is 1040 g/mol. The summed E-state index contributed by atoms with van der Waals surface area (Å²) in [4.78, 5) is 24.9. The normalized spacial score (nSPS) is 30.1. The summed E-state index contributed by atoms with van der Waals surface area (Å²) in [5.41, 5.74) is 6.15. The minimum absolute atomic E-state index is 0.0417. The van der Waals surface area contributed by atoms with Crippen LogP contribution >= 0.6 is 12.6 Å². The minimum Gasteiger partial charge on any atom is -0.456 e. The number of ether oxygens (including phenoxy) is 4. The van der Waals surface area contributed by atoms with Gasteiger partial charge in [-0.2, -0.15) is 47.9 Å². The van der Waals surface area contributed by atoms with E-state index in [1.807, 2.05) is 6.07 Å². The van der Waals surface area contributed by atoms with Crippen molar-refractivity contribution in [3.05, 3.63) is 65.7 Å². The Morgan fingerprint density at radius 1 is 0.586 bits per heavy atom. The van der Waals surface area contributed by atoms with Crippen LogP contribution in [-0.2, 0) is 40.0 Å². The number of alkyl halides is 9. The molecule has 0 amide bonds. The van der Waals surface area contributed by atoms with Gasteiger partial charge in [-0.15, -0.1) is 12.6 Å². The van der Waals surface area contributed by atoms with Crippen LogP contribution in [0.5, 0.6) is 11.5 Å². The Labute approximate surface area is 405 Å². The van der Waals surface area contributed by atoms with Gasteiger partial charge >= 0.3 is 45.3 Å². The van der Waals surface area contributed by atoms with Gasteiger partial charge in [0.2, 0.25) is 13.6 Å². The molecule has 8 aliphatic rings. The highest BCUT2D eigenvalue weighted by Gasteiger charge is 2.85. The van der Waals surface area contributed by atoms with Crippen LogP contribution in [0.1, 0.15) is 103 Å². The van der Waals surface area contributed by atoms with Gasteiger partial charge in [0, 0.05) is 57.4 Å². The number of thiol groups is 1. The first-order valence-electron chi connectivity index (χ1n) is 23.3. The first kappa shape index (κ1) is 52.2. The summed E-state index contributed by atoms with van der Waals surface area (Å²) >= 11 is 5.16. The van der Waals surface area contributed by atoms with E-state index < -0.39 is 33.4 Å². The van der Waals surface area contributed by atoms with E-state index in [1.54, 1.807) is 0 Å². The summed E-state index contributed by atoms with van der Waals surface area (Å²) in [7, 11) is -7.17. The maximum Gasteiger partial charge on any atom is 0.460 e. The van der Waals surface area contributed by atoms with Crippen molar-refractivity contribution in [1.82, 2.24) is 0 Å². The molecular formula is C50H55F9O9S2. The smallest absolute Gasteiger partial charge is 0.456 e. The van der Waals surface area contributed by atoms with Crippen molar-refractivity contribution in [3.63, 3.8) is 0 Å². The minimum atomic E-state index is -7.37. The van der Waals surface area contributed by atoms with Gasteiger partial charge in [0.05, 0.1) is 0 Å². The second kappa shape index (κ2) is 18.4. The number of carbonyl (C=O) groups excluding carboxylic acids is 2. The van der Waals surface area contributed by atoms with Gasteiger partial charge in [-0.05, 0) is 123 Å². The molecule has 20 heteroatoms. The van der Waals surface area contributed by atoms with Crippen LogP contribution in [0.2, 0.25) is 0 Å². The average Bonchev–Trinajstić information content (AvgIpc) is 3.26. The molecule has 8 bridgehead atoms. The summed E-state index contributed by atoms with van der Waals surface area (Å²) in [6.45, 7) is 7.49. The molecule has 0 radical (unpaired) electrons. The maximum absolute atomic E-state index is 12.2. The molecule has 0 saturated heterocycles. The molecule has 0 aromatic heterocycles. The van der Waals surface area contributed by atoms with Crippen molar-refractivity contribution >= 4 is 34.7 Å². The molecule has 8 fully saturated rings. The number of hydrogen-bond donors (Lipinski definition) is 2. The summed E-state index contributed by atoms with van der Waals surface area (Å²) in [6, 6.07) is 19.4. The van der Waals surface area contributed by atoms with Crippen molar-refractivity contribution in [1.29, 1.82) is 0 Å². The zero-order valence-electron chi connectivity index (χ0n) is 38.8. The lowest BCUT2D eigenvalue weighted by Crippen LogP contribution is -2.63. The maximum atomic E-state index is 12.2. The quantitative estimate of drug-likeness (QED) is 0.0566. The fourth-order valence-electron chi connectivity index (χ4n) is 13.8. The van der Waals surface area contributed by atoms with E-state index >= 15 is 0 Å². The largest absolute Gasteiger partial charge is 0.460 e. The van der Waals surface area contributed by atoms with Gasteiger partial charge < -0.3 is 18.9 Å². The zero-order chi connectivity index (χ0) is 51.1. The molecule has 3 aromatic carbocycles. The highest BCUT2D eigenvalue weighted by molar-refractivity contribution is 7.87. The van der Waals surface area contributed by atoms with Gasteiger partial charge in [0.15, 0.2) is 0 Å². The first-order valence-corrected chi connectivity index (χ1v) is 25.2. The van der Waals surface area contributed by atoms with Crippen LogP contribution in [0.4, 0.5) is 39.5 Å². The van der Waals surface area contributed by atoms with E-state index in [1.165, 1.54) is 89.2 Å². The second-order valence-electron chi connectivity index (χ2n) is 20.7. The zero-order valence-corrected chi connectivity index (χ0v) is 40.5. The number of halogens is 9. The molecule has 9 nitrogen and oxygen atoms in total. The van der Waals surface area contributed by atoms with E-state index in [0.29, 0.717) is 23.7 Å². The fourth-order valence-corrected chi connectivity index (χ4v) is 14.5. The Kier molecular flexibility index (Phi) is 13.7. The van der Waals surface area contributed by atoms with Gasteiger partial charge in [0.1, 0.15) is 11.5 Å². The van der Waals surface area contributed by atoms with Crippen molar-refractivity contribution in [3.8, 4) is 33.8 Å².